The molecule has 0 aliphatic carbocycles. The second kappa shape index (κ2) is 40.4. The van der Waals surface area contributed by atoms with Gasteiger partial charge >= 0.3 is 59.1 Å². The molecule has 36 heavy (non-hydrogen) atoms. The molecular weight excluding hydrogens is 470 g/mol. The summed E-state index contributed by atoms with van der Waals surface area (Å²) in [6.07, 6.45) is 31.0. The number of carbonyl (C=O) groups is 2. The maximum atomic E-state index is 10.2. The molecule has 0 atom stereocenters. The third-order valence-corrected chi connectivity index (χ3v) is 6.47. The van der Waals surface area contributed by atoms with Crippen molar-refractivity contribution >= 4 is 11.9 Å². The monoisotopic (exact) mass is 528 g/mol. The van der Waals surface area contributed by atoms with Crippen molar-refractivity contribution in [3.8, 4) is 0 Å². The summed E-state index contributed by atoms with van der Waals surface area (Å²) in [5.74, 6) is -1.81. The van der Waals surface area contributed by atoms with Gasteiger partial charge in [-0.3, -0.25) is 0 Å². The summed E-state index contributed by atoms with van der Waals surface area (Å²) < 4.78 is 0. The van der Waals surface area contributed by atoms with Crippen molar-refractivity contribution in [1.82, 2.24) is 0 Å². The molecule has 0 bridgehead atoms. The van der Waals surface area contributed by atoms with Crippen LogP contribution in [0.25, 0.3) is 0 Å². The molecule has 204 valence electrons. The van der Waals surface area contributed by atoms with Crippen LogP contribution in [0.3, 0.4) is 0 Å². The quantitative estimate of drug-likeness (QED) is 0.126. The summed E-state index contributed by atoms with van der Waals surface area (Å²) in [6.45, 7) is 4.50. The van der Waals surface area contributed by atoms with Gasteiger partial charge in [-0.25, -0.2) is 0 Å². The first-order valence-corrected chi connectivity index (χ1v) is 14.9. The maximum absolute atomic E-state index is 10.2. The van der Waals surface area contributed by atoms with E-state index in [2.05, 4.69) is 13.8 Å². The number of hydrogen-bond donors (Lipinski definition) is 0. The van der Waals surface area contributed by atoms with Gasteiger partial charge in [-0.05, 0) is 25.7 Å². The van der Waals surface area contributed by atoms with Gasteiger partial charge in [-0.15, -0.1) is 0 Å². The molecule has 0 saturated heterocycles. The number of hydrogen-bond acceptors (Lipinski definition) is 4. The Morgan fingerprint density at radius 1 is 0.361 bits per heavy atom. The van der Waals surface area contributed by atoms with Crippen LogP contribution in [0, 0.1) is 0 Å². The number of carboxylic acid groups (broad SMARTS) is 2. The smallest absolute Gasteiger partial charge is 0.550 e. The largest absolute Gasteiger partial charge is 1.00 e. The van der Waals surface area contributed by atoms with E-state index in [0.29, 0.717) is 0 Å². The molecule has 0 aromatic carbocycles. The molecule has 0 heterocycles. The normalized spacial score (nSPS) is 10.1. The van der Waals surface area contributed by atoms with E-state index in [0.717, 1.165) is 25.7 Å². The number of aliphatic carboxylic acids is 2. The molecule has 0 fully saturated rings. The van der Waals surface area contributed by atoms with E-state index >= 15 is 0 Å². The van der Waals surface area contributed by atoms with Crippen molar-refractivity contribution in [3.05, 3.63) is 0 Å². The predicted molar refractivity (Wildman–Crippen MR) is 141 cm³/mol. The zero-order valence-corrected chi connectivity index (χ0v) is 29.0. The van der Waals surface area contributed by atoms with E-state index in [1.807, 2.05) is 0 Å². The van der Waals surface area contributed by atoms with Gasteiger partial charge in [-0.2, -0.15) is 0 Å². The van der Waals surface area contributed by atoms with Crippen LogP contribution in [0.1, 0.15) is 181 Å². The minimum atomic E-state index is -0.907. The van der Waals surface area contributed by atoms with Crippen LogP contribution in [-0.4, -0.2) is 11.9 Å². The van der Waals surface area contributed by atoms with Crippen molar-refractivity contribution in [2.75, 3.05) is 0 Å². The van der Waals surface area contributed by atoms with E-state index in [9.17, 15) is 19.8 Å². The Morgan fingerprint density at radius 2 is 0.528 bits per heavy atom. The number of carboxylic acids is 2. The molecule has 0 spiro atoms. The molecule has 6 heteroatoms. The van der Waals surface area contributed by atoms with Gasteiger partial charge in [0.25, 0.3) is 0 Å². The first-order valence-electron chi connectivity index (χ1n) is 14.9. The minimum Gasteiger partial charge on any atom is -0.550 e. The molecule has 0 aliphatic rings. The Kier molecular flexibility index (Phi) is 49.4. The van der Waals surface area contributed by atoms with Gasteiger partial charge in [0.15, 0.2) is 0 Å². The van der Waals surface area contributed by atoms with Crippen molar-refractivity contribution in [3.63, 3.8) is 0 Å². The minimum absolute atomic E-state index is 0. The van der Waals surface area contributed by atoms with Crippen LogP contribution in [0.5, 0.6) is 0 Å². The maximum Gasteiger partial charge on any atom is 1.00 e. The summed E-state index contributed by atoms with van der Waals surface area (Å²) in [7, 11) is 0. The van der Waals surface area contributed by atoms with Gasteiger partial charge < -0.3 is 19.8 Å². The Balaban J connectivity index is -0.000000271. The van der Waals surface area contributed by atoms with Crippen LogP contribution in [0.2, 0.25) is 0 Å². The zero-order valence-electron chi connectivity index (χ0n) is 25.0. The fourth-order valence-corrected chi connectivity index (χ4v) is 4.22. The van der Waals surface area contributed by atoms with Gasteiger partial charge in [-0.1, -0.05) is 155 Å². The van der Waals surface area contributed by atoms with E-state index in [1.165, 1.54) is 128 Å². The Bertz CT molecular complexity index is 420. The molecule has 0 rings (SSSR count). The van der Waals surface area contributed by atoms with Crippen molar-refractivity contribution in [2.24, 2.45) is 0 Å². The van der Waals surface area contributed by atoms with Crippen molar-refractivity contribution in [2.45, 2.75) is 181 Å². The molecule has 0 aliphatic heterocycles. The summed E-state index contributed by atoms with van der Waals surface area (Å²) in [4.78, 5) is 20.3. The number of rotatable bonds is 26. The number of unbranched alkanes of at least 4 members (excludes halogenated alkanes) is 22. The van der Waals surface area contributed by atoms with Gasteiger partial charge in [0.2, 0.25) is 0 Å². The third-order valence-electron chi connectivity index (χ3n) is 6.47. The Labute approximate surface area is 269 Å². The van der Waals surface area contributed by atoms with Gasteiger partial charge in [0, 0.05) is 11.9 Å². The topological polar surface area (TPSA) is 80.3 Å². The standard InChI is InChI=1S/C16H32O2.C14H28O2.2Na/c1-2-3-4-5-6-7-8-9-10-11-12-13-14-15-16(17)18;1-2-3-4-5-6-7-8-9-10-11-12-13-14(15)16;;/h2-15H2,1H3,(H,17,18);2-13H2,1H3,(H,15,16);;/q;;2*+1/p-2. The van der Waals surface area contributed by atoms with E-state index in [1.54, 1.807) is 0 Å². The van der Waals surface area contributed by atoms with Crippen LogP contribution in [0.4, 0.5) is 0 Å². The molecule has 0 aromatic rings. The van der Waals surface area contributed by atoms with Crippen molar-refractivity contribution < 1.29 is 78.9 Å². The van der Waals surface area contributed by atoms with E-state index in [-0.39, 0.29) is 72.0 Å². The second-order valence-electron chi connectivity index (χ2n) is 10.0. The first kappa shape index (κ1) is 44.0. The second-order valence-corrected chi connectivity index (χ2v) is 10.0. The molecule has 0 radical (unpaired) electrons. The fourth-order valence-electron chi connectivity index (χ4n) is 4.22. The molecule has 0 saturated carbocycles. The van der Waals surface area contributed by atoms with Gasteiger partial charge in [0.1, 0.15) is 0 Å². The van der Waals surface area contributed by atoms with Gasteiger partial charge in [0.05, 0.1) is 0 Å². The summed E-state index contributed by atoms with van der Waals surface area (Å²) in [5, 5.41) is 20.3. The molecular formula is C30H58Na2O4. The molecule has 0 N–H and O–H groups in total. The average Bonchev–Trinajstić information content (AvgIpc) is 2.80. The van der Waals surface area contributed by atoms with Crippen LogP contribution < -0.4 is 69.3 Å². The Morgan fingerprint density at radius 3 is 0.694 bits per heavy atom. The summed E-state index contributed by atoms with van der Waals surface area (Å²) >= 11 is 0. The molecule has 0 unspecified atom stereocenters. The third kappa shape index (κ3) is 48.1. The number of carbonyl (C=O) groups excluding carboxylic acids is 2. The molecule has 0 amide bonds. The molecule has 0 aromatic heterocycles. The predicted octanol–water partition coefficient (Wildman–Crippen LogP) is 1.66. The summed E-state index contributed by atoms with van der Waals surface area (Å²) in [6, 6.07) is 0. The Hall–Kier alpha value is 0.940. The zero-order chi connectivity index (χ0) is 25.5. The van der Waals surface area contributed by atoms with Crippen LogP contribution in [0.15, 0.2) is 0 Å². The van der Waals surface area contributed by atoms with Crippen LogP contribution >= 0.6 is 0 Å². The van der Waals surface area contributed by atoms with Crippen LogP contribution in [-0.2, 0) is 9.59 Å². The summed E-state index contributed by atoms with van der Waals surface area (Å²) in [5.41, 5.74) is 0. The SMILES string of the molecule is CCCCCCCCCCCCCC(=O)[O-].CCCCCCCCCCCCCCCC(=O)[O-].[Na+].[Na+]. The van der Waals surface area contributed by atoms with E-state index < -0.39 is 11.9 Å². The van der Waals surface area contributed by atoms with Crippen molar-refractivity contribution in [1.29, 1.82) is 0 Å². The fraction of sp³-hybridized carbons (Fsp3) is 0.933. The van der Waals surface area contributed by atoms with E-state index in [4.69, 9.17) is 0 Å². The average molecular weight is 529 g/mol. The first-order chi connectivity index (χ1) is 16.5. The molecule has 4 nitrogen and oxygen atoms in total.